The number of fused-ring (bicyclic) bond motifs is 5. The van der Waals surface area contributed by atoms with Crippen LogP contribution >= 0.6 is 21.6 Å². The molecule has 15 nitrogen and oxygen atoms in total. The van der Waals surface area contributed by atoms with Crippen molar-refractivity contribution in [3.05, 3.63) is 107 Å². The Hall–Kier alpha value is -3.40. The third kappa shape index (κ3) is 7.35. The molecule has 14 bridgehead atoms. The van der Waals surface area contributed by atoms with Crippen molar-refractivity contribution in [2.45, 2.75) is 207 Å². The largest absolute Gasteiger partial charge is 0.508 e. The number of piperidine rings is 1. The van der Waals surface area contributed by atoms with Gasteiger partial charge in [-0.1, -0.05) is 123 Å². The maximum Gasteiger partial charge on any atom is 0.235 e. The molecule has 516 valence electrons. The lowest BCUT2D eigenvalue weighted by molar-refractivity contribution is -0.274. The van der Waals surface area contributed by atoms with Gasteiger partial charge in [-0.15, -0.1) is 0 Å². The Morgan fingerprint density at radius 3 is 2.54 bits per heavy atom. The van der Waals surface area contributed by atoms with Gasteiger partial charge < -0.3 is 65.3 Å². The fourth-order valence-corrected chi connectivity index (χ4v) is 31.5. The van der Waals surface area contributed by atoms with Crippen LogP contribution in [0, 0.1) is 103 Å². The zero-order valence-electron chi connectivity index (χ0n) is 56.3. The fourth-order valence-electron chi connectivity index (χ4n) is 28.5. The highest BCUT2D eigenvalue weighted by molar-refractivity contribution is 8.76. The lowest BCUT2D eigenvalue weighted by atomic mass is 9.34. The number of amides is 1. The minimum Gasteiger partial charge on any atom is -0.508 e. The van der Waals surface area contributed by atoms with Gasteiger partial charge in [0.15, 0.2) is 5.78 Å². The third-order valence-corrected chi connectivity index (χ3v) is 35.1. The lowest BCUT2D eigenvalue weighted by Crippen LogP contribution is -2.76. The molecule has 20 aliphatic rings. The van der Waals surface area contributed by atoms with E-state index >= 15 is 9.59 Å². The Balaban J connectivity index is 0.803. The number of aliphatic hydroxyl groups excluding tert-OH is 5. The van der Waals surface area contributed by atoms with Crippen LogP contribution in [0.4, 0.5) is 5.69 Å². The number of carbonyl (C=O) groups is 2. The minimum absolute atomic E-state index is 0.00916. The summed E-state index contributed by atoms with van der Waals surface area (Å²) in [7, 11) is 2.62. The molecule has 6 saturated carbocycles. The summed E-state index contributed by atoms with van der Waals surface area (Å²) >= 11 is 0. The molecule has 28 atom stereocenters. The van der Waals surface area contributed by atoms with E-state index in [0.29, 0.717) is 107 Å². The molecular weight excluding hydrogens is 1250 g/mol. The number of carbonyl (C=O) groups excluding carboxylic acids is 2. The predicted molar refractivity (Wildman–Crippen MR) is 364 cm³/mol. The number of aromatic hydroxyl groups is 1. The van der Waals surface area contributed by atoms with Crippen LogP contribution in [0.25, 0.3) is 0 Å². The highest BCUT2D eigenvalue weighted by atomic mass is 33.1. The van der Waals surface area contributed by atoms with Crippen LogP contribution in [-0.4, -0.2) is 155 Å². The molecule has 5 spiro atoms. The van der Waals surface area contributed by atoms with Crippen molar-refractivity contribution in [2.24, 2.45) is 103 Å². The maximum atomic E-state index is 17.7. The van der Waals surface area contributed by atoms with Gasteiger partial charge in [0.05, 0.1) is 60.7 Å². The lowest BCUT2D eigenvalue weighted by Gasteiger charge is -2.73. The first-order chi connectivity index (χ1) is 46.0. The number of allylic oxidation sites excluding steroid dienone is 6. The number of anilines is 1. The van der Waals surface area contributed by atoms with E-state index in [2.05, 4.69) is 92.9 Å². The van der Waals surface area contributed by atoms with Crippen molar-refractivity contribution in [1.29, 1.82) is 0 Å². The number of aliphatic hydroxyl groups is 7. The number of phenols is 1. The second kappa shape index (κ2) is 20.7. The number of ether oxygens (including phenoxy) is 3. The predicted octanol–water partition coefficient (Wildman–Crippen LogP) is 9.31. The van der Waals surface area contributed by atoms with Crippen molar-refractivity contribution >= 4 is 39.0 Å². The summed E-state index contributed by atoms with van der Waals surface area (Å²) in [6, 6.07) is 5.64. The highest BCUT2D eigenvalue weighted by Crippen LogP contribution is 2.84. The zero-order chi connectivity index (χ0) is 66.1. The Morgan fingerprint density at radius 1 is 0.865 bits per heavy atom. The van der Waals surface area contributed by atoms with Crippen molar-refractivity contribution < 1.29 is 64.7 Å². The molecule has 9 N–H and O–H groups in total. The average molecular weight is 1350 g/mol. The summed E-state index contributed by atoms with van der Waals surface area (Å²) in [6.45, 7) is 8.70. The number of nitrogens with zero attached hydrogens (tertiary/aromatic N) is 1. The first kappa shape index (κ1) is 63.5. The molecule has 1 amide bonds. The molecule has 21 rings (SSSR count). The highest BCUT2D eigenvalue weighted by Gasteiger charge is 2.87. The number of nitrogens with one attached hydrogen (secondary N) is 1. The van der Waals surface area contributed by atoms with Gasteiger partial charge in [0.2, 0.25) is 5.91 Å². The van der Waals surface area contributed by atoms with Gasteiger partial charge in [0.1, 0.15) is 28.5 Å². The van der Waals surface area contributed by atoms with Crippen LogP contribution in [0.1, 0.15) is 142 Å². The quantitative estimate of drug-likeness (QED) is 0.0732. The summed E-state index contributed by atoms with van der Waals surface area (Å²) in [4.78, 5) is 36.1. The average Bonchev–Trinajstić information content (AvgIpc) is 1.38. The van der Waals surface area contributed by atoms with Crippen LogP contribution in [0.2, 0.25) is 0 Å². The molecule has 0 radical (unpaired) electrons. The summed E-state index contributed by atoms with van der Waals surface area (Å²) in [5, 5.41) is 109. The molecule has 0 aromatic heterocycles. The number of ketones is 1. The number of phenolic OH excluding ortho intramolecular Hbond substituents is 1. The number of epoxide rings is 1. The van der Waals surface area contributed by atoms with E-state index in [-0.39, 0.29) is 90.8 Å². The van der Waals surface area contributed by atoms with Crippen molar-refractivity contribution in [3.63, 3.8) is 0 Å². The van der Waals surface area contributed by atoms with E-state index in [1.165, 1.54) is 27.2 Å². The van der Waals surface area contributed by atoms with Crippen molar-refractivity contribution in [2.75, 3.05) is 43.6 Å². The summed E-state index contributed by atoms with van der Waals surface area (Å²) in [5.41, 5.74) is -10.7. The van der Waals surface area contributed by atoms with E-state index in [1.54, 1.807) is 12.1 Å². The van der Waals surface area contributed by atoms with Crippen LogP contribution in [0.3, 0.4) is 0 Å². The van der Waals surface area contributed by atoms with E-state index < -0.39 is 108 Å². The Labute approximate surface area is 572 Å². The van der Waals surface area contributed by atoms with E-state index in [0.717, 1.165) is 55.2 Å². The molecular formula is C79H100N2O13S2. The molecule has 10 fully saturated rings. The van der Waals surface area contributed by atoms with Crippen LogP contribution < -0.4 is 10.2 Å². The number of benzene rings is 1. The van der Waals surface area contributed by atoms with Gasteiger partial charge in [0.25, 0.3) is 0 Å². The summed E-state index contributed by atoms with van der Waals surface area (Å²) in [6.07, 6.45) is 32.5. The summed E-state index contributed by atoms with van der Waals surface area (Å²) in [5.74, 6) is -0.888. The second-order valence-corrected chi connectivity index (χ2v) is 38.0. The standard InChI is InChI=1S/C79H100N2O13S2/c1-43(2)44(3)63-65(94-63)76(91)18-8-16-69-22-24-93-78-21-15-60(76)77(69,78)20-13-45-26-53(31-54(84)27-45)81-40-74-51(30-57(64(74)87)71-19-14-49-10-5-6-17-75(49,80-71)55-32-59-47(9-7-23-92-59)28-48(55)35-71)29-50-12-11-46-25-52(79(74,66(81)88)70(50,34-46)41-82)38-95-96-67(89)73-37-62(86)72(90,42-83)39-68(73,4)58(36-69)56(78)33-61(73)85/h7-9,11-12,14,16,19,26-29,31,33,43-44,46,48-49,51-52,55,57-60,62-65,67,80,82-84,86-87,89-91H,5-6,10,13,15,17-18,20-25,30,32,34-42H2,1-4H3. The first-order valence-electron chi connectivity index (χ1n) is 37.3. The van der Waals surface area contributed by atoms with Crippen LogP contribution in [0.15, 0.2) is 102 Å². The molecule has 28 unspecified atom stereocenters. The van der Waals surface area contributed by atoms with Crippen LogP contribution in [-0.2, 0) is 30.2 Å². The van der Waals surface area contributed by atoms with Gasteiger partial charge in [-0.2, -0.15) is 0 Å². The topological polar surface area (TPSA) is 242 Å². The molecule has 4 saturated heterocycles. The SMILES string of the molecule is CC(C)C(C)C1OC1C1(O)CC=CC23CCOC45CCC1C24CCc1cc(O)cc(c1)N1CC24C(C=C6C=CC7CC(CSSC(O)C89CC(O)C(O)(CO)CC8(C)C(C3)C5=CC9=O)C2(C1=O)C6(CO)C7)CC(C12C=CC3CCCCC3(N1)C1CC3OCC=CC3=CC1C2)C4O. The molecule has 11 aliphatic carbocycles. The number of hydrogen-bond donors (Lipinski definition) is 9. The van der Waals surface area contributed by atoms with Gasteiger partial charge in [0, 0.05) is 75.2 Å². The number of aryl methyl sites for hydroxylation is 1. The minimum atomic E-state index is -2.01. The molecule has 1 aromatic carbocycles. The van der Waals surface area contributed by atoms with E-state index in [4.69, 9.17) is 14.2 Å². The number of hydrogen-bond acceptors (Lipinski definition) is 16. The summed E-state index contributed by atoms with van der Waals surface area (Å²) < 4.78 is 20.9. The molecule has 96 heavy (non-hydrogen) atoms. The van der Waals surface area contributed by atoms with E-state index in [1.807, 2.05) is 17.9 Å². The molecule has 9 aliphatic heterocycles. The smallest absolute Gasteiger partial charge is 0.235 e. The van der Waals surface area contributed by atoms with Gasteiger partial charge in [-0.05, 0) is 202 Å². The number of rotatable bonds is 6. The van der Waals surface area contributed by atoms with Gasteiger partial charge in [-0.3, -0.25) is 9.59 Å². The second-order valence-electron chi connectivity index (χ2n) is 35.5. The Morgan fingerprint density at radius 2 is 1.72 bits per heavy atom. The maximum absolute atomic E-state index is 17.7. The van der Waals surface area contributed by atoms with Crippen LogP contribution in [0.5, 0.6) is 5.75 Å². The first-order valence-corrected chi connectivity index (χ1v) is 39.6. The monoisotopic (exact) mass is 1350 g/mol. The zero-order valence-corrected chi connectivity index (χ0v) is 57.9. The Bertz CT molecular complexity index is 3750. The Kier molecular flexibility index (Phi) is 13.7. The molecule has 1 aromatic rings. The molecule has 17 heteroatoms. The third-order valence-electron chi connectivity index (χ3n) is 32.5. The van der Waals surface area contributed by atoms with E-state index in [9.17, 15) is 40.9 Å². The fraction of sp³-hybridized carbons (Fsp3) is 0.722. The van der Waals surface area contributed by atoms with Gasteiger partial charge >= 0.3 is 0 Å². The van der Waals surface area contributed by atoms with Gasteiger partial charge in [-0.25, -0.2) is 0 Å². The van der Waals surface area contributed by atoms with Crippen molar-refractivity contribution in [3.8, 4) is 5.75 Å². The van der Waals surface area contributed by atoms with Crippen molar-refractivity contribution in [1.82, 2.24) is 5.32 Å². The molecule has 9 heterocycles. The normalized spacial score (nSPS) is 54.3.